The van der Waals surface area contributed by atoms with E-state index in [1.807, 2.05) is 6.07 Å². The largest absolute Gasteiger partial charge is 0.310 e. The van der Waals surface area contributed by atoms with Crippen LogP contribution in [0.15, 0.2) is 22.7 Å². The van der Waals surface area contributed by atoms with Crippen molar-refractivity contribution in [3.05, 3.63) is 33.3 Å². The Kier molecular flexibility index (Phi) is 5.95. The van der Waals surface area contributed by atoms with Crippen LogP contribution in [0.5, 0.6) is 0 Å². The van der Waals surface area contributed by atoms with Crippen molar-refractivity contribution in [2.24, 2.45) is 17.8 Å². The first-order chi connectivity index (χ1) is 9.51. The quantitative estimate of drug-likeness (QED) is 0.714. The zero-order valence-corrected chi connectivity index (χ0v) is 15.0. The molecule has 3 heteroatoms. The maximum absolute atomic E-state index is 6.48. The summed E-state index contributed by atoms with van der Waals surface area (Å²) in [6, 6.07) is 6.66. The number of rotatable bonds is 4. The first-order valence-corrected chi connectivity index (χ1v) is 8.86. The second kappa shape index (κ2) is 7.29. The van der Waals surface area contributed by atoms with Gasteiger partial charge in [0.2, 0.25) is 0 Å². The molecule has 0 heterocycles. The molecule has 0 saturated heterocycles. The fraction of sp³-hybridized carbons (Fsp3) is 0.647. The molecule has 2 rings (SSSR count). The number of benzene rings is 1. The van der Waals surface area contributed by atoms with Crippen LogP contribution in [-0.4, -0.2) is 6.54 Å². The Bertz CT molecular complexity index is 439. The summed E-state index contributed by atoms with van der Waals surface area (Å²) < 4.78 is 1.05. The van der Waals surface area contributed by atoms with Crippen molar-refractivity contribution in [1.29, 1.82) is 0 Å². The molecule has 0 amide bonds. The summed E-state index contributed by atoms with van der Waals surface area (Å²) in [6.07, 6.45) is 3.96. The summed E-state index contributed by atoms with van der Waals surface area (Å²) >= 11 is 9.98. The van der Waals surface area contributed by atoms with E-state index in [1.165, 1.54) is 24.8 Å². The zero-order chi connectivity index (χ0) is 14.7. The van der Waals surface area contributed by atoms with Gasteiger partial charge in [0.1, 0.15) is 0 Å². The molecule has 0 bridgehead atoms. The Hall–Kier alpha value is -0.0500. The van der Waals surface area contributed by atoms with Crippen molar-refractivity contribution in [1.82, 2.24) is 5.32 Å². The Morgan fingerprint density at radius 1 is 1.25 bits per heavy atom. The number of hydrogen-bond donors (Lipinski definition) is 1. The molecule has 1 aliphatic rings. The van der Waals surface area contributed by atoms with Crippen LogP contribution in [-0.2, 0) is 0 Å². The van der Waals surface area contributed by atoms with Crippen molar-refractivity contribution in [2.45, 2.75) is 46.1 Å². The van der Waals surface area contributed by atoms with Gasteiger partial charge in [0.25, 0.3) is 0 Å². The lowest BCUT2D eigenvalue weighted by atomic mass is 9.72. The van der Waals surface area contributed by atoms with Crippen molar-refractivity contribution in [3.63, 3.8) is 0 Å². The molecular formula is C17H25BrClN. The topological polar surface area (TPSA) is 12.0 Å². The molecule has 0 radical (unpaired) electrons. The van der Waals surface area contributed by atoms with Crippen LogP contribution in [0.2, 0.25) is 5.02 Å². The van der Waals surface area contributed by atoms with E-state index < -0.39 is 0 Å². The second-order valence-electron chi connectivity index (χ2n) is 6.38. The minimum atomic E-state index is 0.380. The van der Waals surface area contributed by atoms with E-state index in [0.717, 1.165) is 27.9 Å². The molecule has 0 aliphatic heterocycles. The van der Waals surface area contributed by atoms with Gasteiger partial charge >= 0.3 is 0 Å². The minimum absolute atomic E-state index is 0.380. The molecule has 3 unspecified atom stereocenters. The predicted molar refractivity (Wildman–Crippen MR) is 91.2 cm³/mol. The van der Waals surface area contributed by atoms with Gasteiger partial charge in [-0.15, -0.1) is 0 Å². The van der Waals surface area contributed by atoms with Gasteiger partial charge in [-0.3, -0.25) is 0 Å². The first-order valence-electron chi connectivity index (χ1n) is 7.69. The van der Waals surface area contributed by atoms with Gasteiger partial charge in [0.05, 0.1) is 0 Å². The lowest BCUT2D eigenvalue weighted by Gasteiger charge is -2.37. The van der Waals surface area contributed by atoms with E-state index in [9.17, 15) is 0 Å². The van der Waals surface area contributed by atoms with Gasteiger partial charge in [0.15, 0.2) is 0 Å². The maximum atomic E-state index is 6.48. The van der Waals surface area contributed by atoms with Crippen molar-refractivity contribution < 1.29 is 0 Å². The van der Waals surface area contributed by atoms with Crippen LogP contribution >= 0.6 is 27.5 Å². The van der Waals surface area contributed by atoms with Gasteiger partial charge in [-0.2, -0.15) is 0 Å². The Balaban J connectivity index is 2.25. The van der Waals surface area contributed by atoms with Gasteiger partial charge < -0.3 is 5.32 Å². The summed E-state index contributed by atoms with van der Waals surface area (Å²) in [5, 5.41) is 4.54. The third kappa shape index (κ3) is 3.99. The van der Waals surface area contributed by atoms with Crippen LogP contribution in [0.4, 0.5) is 0 Å². The molecule has 0 aromatic heterocycles. The fourth-order valence-electron chi connectivity index (χ4n) is 3.79. The Labute approximate surface area is 136 Å². The van der Waals surface area contributed by atoms with E-state index in [-0.39, 0.29) is 0 Å². The van der Waals surface area contributed by atoms with Crippen molar-refractivity contribution in [3.8, 4) is 0 Å². The number of nitrogens with one attached hydrogen (secondary N) is 1. The van der Waals surface area contributed by atoms with E-state index in [2.05, 4.69) is 54.2 Å². The van der Waals surface area contributed by atoms with Crippen LogP contribution in [0.25, 0.3) is 0 Å². The summed E-state index contributed by atoms with van der Waals surface area (Å²) in [5.41, 5.74) is 1.25. The van der Waals surface area contributed by atoms with Crippen LogP contribution < -0.4 is 5.32 Å². The zero-order valence-electron chi connectivity index (χ0n) is 12.6. The molecule has 0 spiro atoms. The molecule has 1 aliphatic carbocycles. The van der Waals surface area contributed by atoms with Crippen molar-refractivity contribution >= 4 is 27.5 Å². The van der Waals surface area contributed by atoms with E-state index in [4.69, 9.17) is 11.6 Å². The fourth-order valence-corrected chi connectivity index (χ4v) is 4.58. The third-order valence-electron chi connectivity index (χ3n) is 4.41. The van der Waals surface area contributed by atoms with Gasteiger partial charge in [-0.05, 0) is 61.3 Å². The van der Waals surface area contributed by atoms with E-state index >= 15 is 0 Å². The number of hydrogen-bond acceptors (Lipinski definition) is 1. The minimum Gasteiger partial charge on any atom is -0.310 e. The van der Waals surface area contributed by atoms with Crippen LogP contribution in [0.1, 0.15) is 51.6 Å². The highest BCUT2D eigenvalue weighted by Gasteiger charge is 2.31. The standard InChI is InChI=1S/C17H25BrClN/c1-4-20-17(13-8-11(2)7-12(3)9-13)15-6-5-14(18)10-16(15)19/h5-6,10-13,17,20H,4,7-9H2,1-3H3. The summed E-state index contributed by atoms with van der Waals surface area (Å²) in [7, 11) is 0. The molecular weight excluding hydrogens is 334 g/mol. The van der Waals surface area contributed by atoms with E-state index in [1.54, 1.807) is 0 Å². The Morgan fingerprint density at radius 2 is 1.90 bits per heavy atom. The monoisotopic (exact) mass is 357 g/mol. The lowest BCUT2D eigenvalue weighted by molar-refractivity contribution is 0.177. The van der Waals surface area contributed by atoms with E-state index in [0.29, 0.717) is 12.0 Å². The summed E-state index contributed by atoms with van der Waals surface area (Å²) in [6.45, 7) is 7.93. The van der Waals surface area contributed by atoms with Crippen LogP contribution in [0.3, 0.4) is 0 Å². The molecule has 1 nitrogen and oxygen atoms in total. The molecule has 1 aromatic carbocycles. The molecule has 112 valence electrons. The van der Waals surface area contributed by atoms with Crippen LogP contribution in [0, 0.1) is 17.8 Å². The third-order valence-corrected chi connectivity index (χ3v) is 5.23. The molecule has 3 atom stereocenters. The average Bonchev–Trinajstić information content (AvgIpc) is 2.35. The highest BCUT2D eigenvalue weighted by molar-refractivity contribution is 9.10. The van der Waals surface area contributed by atoms with Gasteiger partial charge in [-0.1, -0.05) is 54.4 Å². The maximum Gasteiger partial charge on any atom is 0.0465 e. The average molecular weight is 359 g/mol. The summed E-state index contributed by atoms with van der Waals surface area (Å²) in [4.78, 5) is 0. The SMILES string of the molecule is CCNC(c1ccc(Br)cc1Cl)C1CC(C)CC(C)C1. The number of halogens is 2. The Morgan fingerprint density at radius 3 is 2.45 bits per heavy atom. The second-order valence-corrected chi connectivity index (χ2v) is 7.70. The molecule has 1 saturated carbocycles. The smallest absolute Gasteiger partial charge is 0.0465 e. The lowest BCUT2D eigenvalue weighted by Crippen LogP contribution is -2.33. The first kappa shape index (κ1) is 16.3. The molecule has 20 heavy (non-hydrogen) atoms. The normalized spacial score (nSPS) is 28.4. The predicted octanol–water partition coefficient (Wildman–Crippen LogP) is 5.83. The molecule has 1 aromatic rings. The molecule has 1 fully saturated rings. The van der Waals surface area contributed by atoms with Gasteiger partial charge in [0, 0.05) is 15.5 Å². The molecule has 1 N–H and O–H groups in total. The van der Waals surface area contributed by atoms with Gasteiger partial charge in [-0.25, -0.2) is 0 Å². The van der Waals surface area contributed by atoms with Crippen molar-refractivity contribution in [2.75, 3.05) is 6.54 Å². The highest BCUT2D eigenvalue weighted by Crippen LogP contribution is 2.41. The highest BCUT2D eigenvalue weighted by atomic mass is 79.9. The summed E-state index contributed by atoms with van der Waals surface area (Å²) in [5.74, 6) is 2.32.